The maximum absolute atomic E-state index is 10.9. The minimum absolute atomic E-state index is 0.0492. The zero-order valence-electron chi connectivity index (χ0n) is 7.17. The molecule has 14 heavy (non-hydrogen) atoms. The van der Waals surface area contributed by atoms with Crippen LogP contribution in [0.25, 0.3) is 0 Å². The number of hydrazone groups is 1. The second-order valence-corrected chi connectivity index (χ2v) is 5.26. The fraction of sp³-hybridized carbons (Fsp3) is 0.667. The van der Waals surface area contributed by atoms with Crippen LogP contribution < -0.4 is 5.73 Å². The molecule has 0 saturated carbocycles. The number of urea groups is 1. The maximum Gasteiger partial charge on any atom is 0.338 e. The van der Waals surface area contributed by atoms with E-state index in [0.29, 0.717) is 10.7 Å². The van der Waals surface area contributed by atoms with E-state index < -0.39 is 15.5 Å². The van der Waals surface area contributed by atoms with E-state index >= 15 is 0 Å². The Morgan fingerprint density at radius 3 is 2.50 bits per heavy atom. The van der Waals surface area contributed by atoms with Gasteiger partial charge in [-0.05, 0) is 6.92 Å². The number of nitrogens with zero attached hydrogens (tertiary/aromatic N) is 2. The van der Waals surface area contributed by atoms with Gasteiger partial charge >= 0.3 is 6.03 Å². The third-order valence-electron chi connectivity index (χ3n) is 1.79. The van der Waals surface area contributed by atoms with Crippen LogP contribution in [0.4, 0.5) is 4.79 Å². The lowest BCUT2D eigenvalue weighted by atomic mass is 10.1. The molecule has 1 heterocycles. The number of hydrogen-bond donors (Lipinski definition) is 2. The van der Waals surface area contributed by atoms with Crippen molar-refractivity contribution in [3.05, 3.63) is 0 Å². The topological polar surface area (TPSA) is 78.9 Å². The van der Waals surface area contributed by atoms with Gasteiger partial charge in [0.1, 0.15) is 0 Å². The van der Waals surface area contributed by atoms with Gasteiger partial charge in [0.15, 0.2) is 0 Å². The predicted molar refractivity (Wildman–Crippen MR) is 54.4 cm³/mol. The molecule has 1 aliphatic heterocycles. The number of amides is 2. The van der Waals surface area contributed by atoms with Gasteiger partial charge in [-0.2, -0.15) is 10.1 Å². The molecule has 0 fully saturated rings. The Bertz CT molecular complexity index is 301. The standard InChI is InChI=1S/C6H8Cl3N3O2/c1-3-2-5(14,6(7,8)9)12(11-3)4(10)13/h14H,2H2,1H3,(H2,10,13). The van der Waals surface area contributed by atoms with E-state index in [4.69, 9.17) is 40.5 Å². The number of alkyl halides is 3. The summed E-state index contributed by atoms with van der Waals surface area (Å²) in [6.45, 7) is 1.59. The smallest absolute Gasteiger partial charge is 0.338 e. The van der Waals surface area contributed by atoms with Crippen LogP contribution in [0.2, 0.25) is 0 Å². The van der Waals surface area contributed by atoms with Gasteiger partial charge in [0.05, 0.1) is 0 Å². The average Bonchev–Trinajstić information content (AvgIpc) is 2.25. The Labute approximate surface area is 95.4 Å². The van der Waals surface area contributed by atoms with Crippen LogP contribution in [0, 0.1) is 0 Å². The Hall–Kier alpha value is -0.230. The summed E-state index contributed by atoms with van der Waals surface area (Å²) in [5.74, 6) is 0. The average molecular weight is 261 g/mol. The van der Waals surface area contributed by atoms with Crippen molar-refractivity contribution < 1.29 is 9.90 Å². The second kappa shape index (κ2) is 3.41. The lowest BCUT2D eigenvalue weighted by Crippen LogP contribution is -2.56. The Morgan fingerprint density at radius 1 is 1.71 bits per heavy atom. The third kappa shape index (κ3) is 1.77. The summed E-state index contributed by atoms with van der Waals surface area (Å²) < 4.78 is -2.07. The zero-order chi connectivity index (χ0) is 11.1. The summed E-state index contributed by atoms with van der Waals surface area (Å²) in [7, 11) is 0. The van der Waals surface area contributed by atoms with E-state index in [1.807, 2.05) is 0 Å². The first-order valence-corrected chi connectivity index (χ1v) is 4.75. The lowest BCUT2D eigenvalue weighted by molar-refractivity contribution is -0.0582. The molecule has 0 radical (unpaired) electrons. The normalized spacial score (nSPS) is 27.8. The minimum atomic E-state index is -2.07. The Morgan fingerprint density at radius 2 is 2.21 bits per heavy atom. The quantitative estimate of drug-likeness (QED) is 0.642. The summed E-state index contributed by atoms with van der Waals surface area (Å²) in [6.07, 6.45) is -0.0492. The van der Waals surface area contributed by atoms with Crippen LogP contribution in [-0.2, 0) is 0 Å². The first-order valence-electron chi connectivity index (χ1n) is 3.61. The van der Waals surface area contributed by atoms with Crippen molar-refractivity contribution in [3.63, 3.8) is 0 Å². The summed E-state index contributed by atoms with van der Waals surface area (Å²) in [6, 6.07) is -0.976. The number of rotatable bonds is 0. The van der Waals surface area contributed by atoms with Crippen LogP contribution >= 0.6 is 34.8 Å². The maximum atomic E-state index is 10.9. The molecule has 5 nitrogen and oxygen atoms in total. The second-order valence-electron chi connectivity index (χ2n) is 2.98. The molecular formula is C6H8Cl3N3O2. The van der Waals surface area contributed by atoms with Gasteiger partial charge in [0, 0.05) is 12.1 Å². The van der Waals surface area contributed by atoms with Crippen LogP contribution in [0.1, 0.15) is 13.3 Å². The molecule has 1 atom stereocenters. The van der Waals surface area contributed by atoms with E-state index in [1.54, 1.807) is 6.92 Å². The van der Waals surface area contributed by atoms with Crippen molar-refractivity contribution >= 4 is 46.5 Å². The lowest BCUT2D eigenvalue weighted by Gasteiger charge is -2.35. The number of halogens is 3. The third-order valence-corrected chi connectivity index (χ3v) is 2.69. The zero-order valence-corrected chi connectivity index (χ0v) is 9.44. The minimum Gasteiger partial charge on any atom is -0.365 e. The number of hydrogen-bond acceptors (Lipinski definition) is 3. The number of carbonyl (C=O) groups is 1. The number of nitrogens with two attached hydrogens (primary N) is 1. The van der Waals surface area contributed by atoms with E-state index in [1.165, 1.54) is 0 Å². The van der Waals surface area contributed by atoms with Crippen molar-refractivity contribution in [2.75, 3.05) is 0 Å². The van der Waals surface area contributed by atoms with Crippen molar-refractivity contribution in [2.45, 2.75) is 22.9 Å². The summed E-state index contributed by atoms with van der Waals surface area (Å²) in [5, 5.41) is 14.2. The molecular weight excluding hydrogens is 252 g/mol. The molecule has 0 aliphatic carbocycles. The van der Waals surface area contributed by atoms with Crippen molar-refractivity contribution in [2.24, 2.45) is 10.8 Å². The first-order chi connectivity index (χ1) is 6.18. The molecule has 0 aromatic carbocycles. The van der Waals surface area contributed by atoms with Crippen molar-refractivity contribution in [3.8, 4) is 0 Å². The van der Waals surface area contributed by atoms with Crippen LogP contribution in [0.5, 0.6) is 0 Å². The molecule has 0 spiro atoms. The SMILES string of the molecule is CC1=NN(C(N)=O)C(O)(C(Cl)(Cl)Cl)C1. The van der Waals surface area contributed by atoms with Gasteiger partial charge in [-0.25, -0.2) is 4.79 Å². The molecule has 1 unspecified atom stereocenters. The molecule has 3 N–H and O–H groups in total. The molecule has 1 aliphatic rings. The van der Waals surface area contributed by atoms with Crippen molar-refractivity contribution in [1.29, 1.82) is 0 Å². The summed E-state index contributed by atoms with van der Waals surface area (Å²) >= 11 is 16.6. The highest BCUT2D eigenvalue weighted by Gasteiger charge is 2.56. The highest BCUT2D eigenvalue weighted by molar-refractivity contribution is 6.68. The monoisotopic (exact) mass is 259 g/mol. The van der Waals surface area contributed by atoms with Gasteiger partial charge in [0.25, 0.3) is 0 Å². The molecule has 80 valence electrons. The highest BCUT2D eigenvalue weighted by Crippen LogP contribution is 2.45. The highest BCUT2D eigenvalue weighted by atomic mass is 35.6. The molecule has 0 bridgehead atoms. The molecule has 2 amide bonds. The summed E-state index contributed by atoms with van der Waals surface area (Å²) in [5.41, 5.74) is 3.43. The molecule has 8 heteroatoms. The van der Waals surface area contributed by atoms with E-state index in [2.05, 4.69) is 5.10 Å². The van der Waals surface area contributed by atoms with Crippen LogP contribution in [0.3, 0.4) is 0 Å². The Balaban J connectivity index is 3.08. The Kier molecular flexibility index (Phi) is 2.89. The van der Waals surface area contributed by atoms with Gasteiger partial charge < -0.3 is 10.8 Å². The van der Waals surface area contributed by atoms with Gasteiger partial charge in [-0.3, -0.25) is 0 Å². The summed E-state index contributed by atoms with van der Waals surface area (Å²) in [4.78, 5) is 10.9. The van der Waals surface area contributed by atoms with Gasteiger partial charge in [-0.15, -0.1) is 0 Å². The number of primary amides is 1. The number of aliphatic hydroxyl groups is 1. The number of carbonyl (C=O) groups excluding carboxylic acids is 1. The van der Waals surface area contributed by atoms with Crippen LogP contribution in [-0.4, -0.2) is 31.4 Å². The van der Waals surface area contributed by atoms with E-state index in [-0.39, 0.29) is 6.42 Å². The fourth-order valence-electron chi connectivity index (χ4n) is 1.17. The van der Waals surface area contributed by atoms with E-state index in [0.717, 1.165) is 0 Å². The largest absolute Gasteiger partial charge is 0.365 e. The van der Waals surface area contributed by atoms with Gasteiger partial charge in [-0.1, -0.05) is 34.8 Å². The first kappa shape index (κ1) is 11.8. The van der Waals surface area contributed by atoms with Crippen molar-refractivity contribution in [1.82, 2.24) is 5.01 Å². The molecule has 0 aromatic rings. The molecule has 0 saturated heterocycles. The van der Waals surface area contributed by atoms with Gasteiger partial charge in [0.2, 0.25) is 9.52 Å². The predicted octanol–water partition coefficient (Wildman–Crippen LogP) is 1.21. The molecule has 0 aromatic heterocycles. The van der Waals surface area contributed by atoms with Crippen LogP contribution in [0.15, 0.2) is 5.10 Å². The molecule has 1 rings (SSSR count). The van der Waals surface area contributed by atoms with E-state index in [9.17, 15) is 9.90 Å². The fourth-order valence-corrected chi connectivity index (χ4v) is 1.61.